The molecule has 1 N–H and O–H groups in total. The third-order valence-electron chi connectivity index (χ3n) is 3.58. The first-order valence-corrected chi connectivity index (χ1v) is 6.80. The number of hydrogen-bond donors (Lipinski definition) is 1. The van der Waals surface area contributed by atoms with Gasteiger partial charge in [0.05, 0.1) is 7.11 Å². The highest BCUT2D eigenvalue weighted by Gasteiger charge is 2.23. The van der Waals surface area contributed by atoms with E-state index in [2.05, 4.69) is 33.2 Å². The lowest BCUT2D eigenvalue weighted by Crippen LogP contribution is -2.10. The van der Waals surface area contributed by atoms with Gasteiger partial charge in [0.25, 0.3) is 6.01 Å². The van der Waals surface area contributed by atoms with Gasteiger partial charge in [0.2, 0.25) is 4.77 Å². The van der Waals surface area contributed by atoms with E-state index in [9.17, 15) is 0 Å². The normalized spacial score (nSPS) is 15.0. The quantitative estimate of drug-likeness (QED) is 0.870. The van der Waals surface area contributed by atoms with Gasteiger partial charge in [-0.3, -0.25) is 4.98 Å². The summed E-state index contributed by atoms with van der Waals surface area (Å²) in [5.41, 5.74) is 2.43. The van der Waals surface area contributed by atoms with Crippen molar-refractivity contribution < 1.29 is 4.74 Å². The predicted octanol–water partition coefficient (Wildman–Crippen LogP) is 3.48. The van der Waals surface area contributed by atoms with Crippen LogP contribution >= 0.6 is 12.2 Å². The molecule has 19 heavy (non-hydrogen) atoms. The van der Waals surface area contributed by atoms with E-state index in [-0.39, 0.29) is 0 Å². The molecule has 4 nitrogen and oxygen atoms in total. The first-order chi connectivity index (χ1) is 9.28. The van der Waals surface area contributed by atoms with Crippen LogP contribution in [0.1, 0.15) is 30.7 Å². The highest BCUT2D eigenvalue weighted by atomic mass is 32.1. The molecule has 1 aliphatic carbocycles. The van der Waals surface area contributed by atoms with Gasteiger partial charge in [-0.1, -0.05) is 30.7 Å². The van der Waals surface area contributed by atoms with Crippen LogP contribution in [0.25, 0.3) is 11.4 Å². The summed E-state index contributed by atoms with van der Waals surface area (Å²) >= 11 is 5.08. The van der Waals surface area contributed by atoms with Gasteiger partial charge in [0.1, 0.15) is 5.82 Å². The summed E-state index contributed by atoms with van der Waals surface area (Å²) in [4.78, 5) is 11.4. The Hall–Kier alpha value is -1.75. The maximum atomic E-state index is 5.12. The minimum absolute atomic E-state index is 0.300. The molecule has 0 radical (unpaired) electrons. The van der Waals surface area contributed by atoms with Gasteiger partial charge >= 0.3 is 0 Å². The summed E-state index contributed by atoms with van der Waals surface area (Å²) < 4.78 is 5.42. The van der Waals surface area contributed by atoms with Crippen molar-refractivity contribution in [2.24, 2.45) is 0 Å². The lowest BCUT2D eigenvalue weighted by molar-refractivity contribution is 0.377. The van der Waals surface area contributed by atoms with E-state index < -0.39 is 0 Å². The van der Waals surface area contributed by atoms with Crippen LogP contribution in [0.4, 0.5) is 0 Å². The average Bonchev–Trinajstić information content (AvgIpc) is 2.36. The number of H-pyrrole nitrogens is 1. The van der Waals surface area contributed by atoms with Crippen LogP contribution in [-0.4, -0.2) is 22.1 Å². The summed E-state index contributed by atoms with van der Waals surface area (Å²) in [6.07, 6.45) is 3.81. The number of ether oxygens (including phenoxy) is 1. The van der Waals surface area contributed by atoms with E-state index >= 15 is 0 Å². The van der Waals surface area contributed by atoms with E-state index in [1.807, 2.05) is 6.07 Å². The van der Waals surface area contributed by atoms with Gasteiger partial charge < -0.3 is 4.74 Å². The van der Waals surface area contributed by atoms with Crippen molar-refractivity contribution in [3.05, 3.63) is 34.6 Å². The van der Waals surface area contributed by atoms with Crippen molar-refractivity contribution >= 4 is 12.2 Å². The monoisotopic (exact) mass is 273 g/mol. The van der Waals surface area contributed by atoms with E-state index in [0.717, 1.165) is 11.4 Å². The van der Waals surface area contributed by atoms with E-state index in [1.165, 1.54) is 24.8 Å². The molecule has 0 atom stereocenters. The van der Waals surface area contributed by atoms with Crippen LogP contribution in [0, 0.1) is 4.77 Å². The first-order valence-electron chi connectivity index (χ1n) is 6.39. The molecule has 5 heteroatoms. The molecule has 0 unspecified atom stereocenters. The third kappa shape index (κ3) is 2.38. The number of methoxy groups -OCH3 is 1. The van der Waals surface area contributed by atoms with Crippen LogP contribution in [0.2, 0.25) is 0 Å². The molecule has 1 aromatic heterocycles. The Morgan fingerprint density at radius 3 is 2.74 bits per heavy atom. The van der Waals surface area contributed by atoms with Gasteiger partial charge in [-0.05, 0) is 36.5 Å². The molecular weight excluding hydrogens is 258 g/mol. The fourth-order valence-corrected chi connectivity index (χ4v) is 2.55. The van der Waals surface area contributed by atoms with Crippen molar-refractivity contribution in [2.45, 2.75) is 25.2 Å². The van der Waals surface area contributed by atoms with E-state index in [1.54, 1.807) is 7.11 Å². The zero-order chi connectivity index (χ0) is 13.2. The summed E-state index contributed by atoms with van der Waals surface area (Å²) in [5, 5.41) is 0. The number of hydrogen-bond acceptors (Lipinski definition) is 4. The lowest BCUT2D eigenvalue weighted by atomic mass is 9.78. The molecule has 1 fully saturated rings. The van der Waals surface area contributed by atoms with Crippen molar-refractivity contribution in [2.75, 3.05) is 7.11 Å². The van der Waals surface area contributed by atoms with Crippen LogP contribution in [0.15, 0.2) is 24.3 Å². The summed E-state index contributed by atoms with van der Waals surface area (Å²) in [5.74, 6) is 1.37. The van der Waals surface area contributed by atoms with Crippen LogP contribution in [0.3, 0.4) is 0 Å². The third-order valence-corrected chi connectivity index (χ3v) is 3.77. The number of rotatable bonds is 3. The molecule has 2 aromatic rings. The summed E-state index contributed by atoms with van der Waals surface area (Å²) in [7, 11) is 1.56. The molecule has 1 aliphatic rings. The molecule has 98 valence electrons. The Labute approximate surface area is 116 Å². The number of benzene rings is 1. The number of nitrogens with zero attached hydrogens (tertiary/aromatic N) is 2. The smallest absolute Gasteiger partial charge is 0.297 e. The second-order valence-electron chi connectivity index (χ2n) is 4.70. The van der Waals surface area contributed by atoms with Gasteiger partial charge in [-0.25, -0.2) is 4.98 Å². The van der Waals surface area contributed by atoms with Gasteiger partial charge in [-0.15, -0.1) is 0 Å². The van der Waals surface area contributed by atoms with Crippen LogP contribution < -0.4 is 4.74 Å². The van der Waals surface area contributed by atoms with Gasteiger partial charge in [0, 0.05) is 5.56 Å². The standard InChI is InChI=1S/C14H15N3OS/c1-18-13-15-12(16-14(19)17-13)11-8-3-2-7-10(11)9-5-4-6-9/h2-3,7-9H,4-6H2,1H3,(H,15,16,17,19). The molecule has 3 rings (SSSR count). The molecule has 0 amide bonds. The van der Waals surface area contributed by atoms with Crippen molar-refractivity contribution in [1.29, 1.82) is 0 Å². The lowest BCUT2D eigenvalue weighted by Gasteiger charge is -2.27. The fourth-order valence-electron chi connectivity index (χ4n) is 2.38. The fraction of sp³-hybridized carbons (Fsp3) is 0.357. The summed E-state index contributed by atoms with van der Waals surface area (Å²) in [6, 6.07) is 8.73. The highest BCUT2D eigenvalue weighted by Crippen LogP contribution is 2.40. The van der Waals surface area contributed by atoms with E-state index in [4.69, 9.17) is 17.0 Å². The predicted molar refractivity (Wildman–Crippen MR) is 75.8 cm³/mol. The molecule has 0 spiro atoms. The number of aromatic amines is 1. The second kappa shape index (κ2) is 5.09. The van der Waals surface area contributed by atoms with Gasteiger partial charge in [-0.2, -0.15) is 4.98 Å². The zero-order valence-corrected chi connectivity index (χ0v) is 11.5. The highest BCUT2D eigenvalue weighted by molar-refractivity contribution is 7.71. The Morgan fingerprint density at radius 2 is 2.05 bits per heavy atom. The minimum atomic E-state index is 0.300. The molecule has 1 aromatic carbocycles. The minimum Gasteiger partial charge on any atom is -0.468 e. The first kappa shape index (κ1) is 12.3. The van der Waals surface area contributed by atoms with E-state index in [0.29, 0.717) is 16.7 Å². The number of aromatic nitrogens is 3. The Balaban J connectivity index is 2.11. The Bertz CT molecular complexity index is 649. The molecule has 0 aliphatic heterocycles. The van der Waals surface area contributed by atoms with Crippen LogP contribution in [-0.2, 0) is 0 Å². The SMILES string of the molecule is COc1nc(=S)nc(-c2ccccc2C2CCC2)[nH]1. The maximum Gasteiger partial charge on any atom is 0.297 e. The average molecular weight is 273 g/mol. The number of nitrogens with one attached hydrogen (secondary N) is 1. The van der Waals surface area contributed by atoms with Crippen molar-refractivity contribution in [3.63, 3.8) is 0 Å². The largest absolute Gasteiger partial charge is 0.468 e. The zero-order valence-electron chi connectivity index (χ0n) is 10.7. The van der Waals surface area contributed by atoms with Crippen LogP contribution in [0.5, 0.6) is 6.01 Å². The molecule has 1 saturated carbocycles. The van der Waals surface area contributed by atoms with Crippen molar-refractivity contribution in [3.8, 4) is 17.4 Å². The molecule has 0 saturated heterocycles. The Morgan fingerprint density at radius 1 is 1.26 bits per heavy atom. The summed E-state index contributed by atoms with van der Waals surface area (Å²) in [6.45, 7) is 0. The van der Waals surface area contributed by atoms with Gasteiger partial charge in [0.15, 0.2) is 0 Å². The molecule has 0 bridgehead atoms. The van der Waals surface area contributed by atoms with Crippen molar-refractivity contribution in [1.82, 2.24) is 15.0 Å². The topological polar surface area (TPSA) is 50.8 Å². The maximum absolute atomic E-state index is 5.12. The second-order valence-corrected chi connectivity index (χ2v) is 5.07. The Kier molecular flexibility index (Phi) is 3.29. The molecule has 1 heterocycles. The molecular formula is C14H15N3OS.